The SMILES string of the molecule is Cc1ccccc1NS(=O)(=O)c1ccc(C)c(C(=O)N2CCC(C3OCCO3)CC2)c1. The minimum absolute atomic E-state index is 0.0762. The molecule has 8 heteroatoms. The number of carbonyl (C=O) groups excluding carboxylic acids is 1. The highest BCUT2D eigenvalue weighted by Crippen LogP contribution is 2.28. The van der Waals surface area contributed by atoms with Crippen LogP contribution in [0.3, 0.4) is 0 Å². The predicted octanol–water partition coefficient (Wildman–Crippen LogP) is 3.33. The van der Waals surface area contributed by atoms with Crippen LogP contribution < -0.4 is 4.72 Å². The molecule has 0 aromatic heterocycles. The first-order chi connectivity index (χ1) is 14.8. The molecular weight excluding hydrogens is 416 g/mol. The number of aryl methyl sites for hydroxylation is 2. The van der Waals surface area contributed by atoms with Crippen molar-refractivity contribution in [2.75, 3.05) is 31.0 Å². The molecule has 2 aromatic rings. The highest BCUT2D eigenvalue weighted by molar-refractivity contribution is 7.92. The summed E-state index contributed by atoms with van der Waals surface area (Å²) in [6.07, 6.45) is 1.45. The molecule has 0 atom stereocenters. The minimum Gasteiger partial charge on any atom is -0.350 e. The molecule has 0 bridgehead atoms. The van der Waals surface area contributed by atoms with Crippen molar-refractivity contribution < 1.29 is 22.7 Å². The zero-order valence-electron chi connectivity index (χ0n) is 17.8. The van der Waals surface area contributed by atoms with E-state index in [0.717, 1.165) is 24.0 Å². The largest absolute Gasteiger partial charge is 0.350 e. The number of hydrogen-bond acceptors (Lipinski definition) is 5. The van der Waals surface area contributed by atoms with Gasteiger partial charge in [0, 0.05) is 24.6 Å². The molecule has 2 aromatic carbocycles. The van der Waals surface area contributed by atoms with E-state index in [1.807, 2.05) is 26.0 Å². The highest BCUT2D eigenvalue weighted by atomic mass is 32.2. The second-order valence-electron chi connectivity index (χ2n) is 8.14. The van der Waals surface area contributed by atoms with E-state index < -0.39 is 10.0 Å². The Morgan fingerprint density at radius 3 is 2.35 bits per heavy atom. The van der Waals surface area contributed by atoms with Gasteiger partial charge in [-0.1, -0.05) is 24.3 Å². The van der Waals surface area contributed by atoms with Crippen molar-refractivity contribution in [3.05, 3.63) is 59.2 Å². The molecule has 0 radical (unpaired) electrons. The molecule has 4 rings (SSSR count). The van der Waals surface area contributed by atoms with Gasteiger partial charge in [-0.3, -0.25) is 9.52 Å². The van der Waals surface area contributed by atoms with Gasteiger partial charge in [-0.25, -0.2) is 8.42 Å². The Balaban J connectivity index is 1.50. The first-order valence-electron chi connectivity index (χ1n) is 10.6. The highest BCUT2D eigenvalue weighted by Gasteiger charge is 2.32. The third-order valence-corrected chi connectivity index (χ3v) is 7.36. The summed E-state index contributed by atoms with van der Waals surface area (Å²) in [5.41, 5.74) is 2.52. The lowest BCUT2D eigenvalue weighted by atomic mass is 9.95. The van der Waals surface area contributed by atoms with Crippen LogP contribution in [0.4, 0.5) is 5.69 Å². The van der Waals surface area contributed by atoms with E-state index in [0.29, 0.717) is 37.6 Å². The van der Waals surface area contributed by atoms with Crippen molar-refractivity contribution in [1.29, 1.82) is 0 Å². The predicted molar refractivity (Wildman–Crippen MR) is 117 cm³/mol. The number of anilines is 1. The topological polar surface area (TPSA) is 84.9 Å². The average molecular weight is 445 g/mol. The molecule has 2 aliphatic rings. The van der Waals surface area contributed by atoms with Crippen LogP contribution in [0, 0.1) is 19.8 Å². The molecule has 2 fully saturated rings. The van der Waals surface area contributed by atoms with Gasteiger partial charge in [0.2, 0.25) is 0 Å². The van der Waals surface area contributed by atoms with Gasteiger partial charge in [-0.2, -0.15) is 0 Å². The monoisotopic (exact) mass is 444 g/mol. The van der Waals surface area contributed by atoms with Gasteiger partial charge in [0.15, 0.2) is 6.29 Å². The van der Waals surface area contributed by atoms with Crippen LogP contribution >= 0.6 is 0 Å². The summed E-state index contributed by atoms with van der Waals surface area (Å²) in [7, 11) is -3.81. The van der Waals surface area contributed by atoms with Crippen LogP contribution in [0.1, 0.15) is 34.3 Å². The van der Waals surface area contributed by atoms with E-state index >= 15 is 0 Å². The maximum Gasteiger partial charge on any atom is 0.261 e. The lowest BCUT2D eigenvalue weighted by Gasteiger charge is -2.34. The maximum atomic E-state index is 13.2. The molecule has 1 amide bonds. The van der Waals surface area contributed by atoms with Crippen LogP contribution in [0.5, 0.6) is 0 Å². The zero-order valence-corrected chi connectivity index (χ0v) is 18.7. The molecule has 0 aliphatic carbocycles. The number of ether oxygens (including phenoxy) is 2. The second kappa shape index (κ2) is 8.98. The summed E-state index contributed by atoms with van der Waals surface area (Å²) >= 11 is 0. The van der Waals surface area contributed by atoms with E-state index in [2.05, 4.69) is 4.72 Å². The number of rotatable bonds is 5. The fourth-order valence-electron chi connectivity index (χ4n) is 4.08. The van der Waals surface area contributed by atoms with Crippen molar-refractivity contribution >= 4 is 21.6 Å². The van der Waals surface area contributed by atoms with Crippen molar-refractivity contribution in [2.24, 2.45) is 5.92 Å². The van der Waals surface area contributed by atoms with Gasteiger partial charge >= 0.3 is 0 Å². The zero-order chi connectivity index (χ0) is 22.0. The van der Waals surface area contributed by atoms with Crippen LogP contribution in [0.15, 0.2) is 47.4 Å². The Morgan fingerprint density at radius 2 is 1.68 bits per heavy atom. The summed E-state index contributed by atoms with van der Waals surface area (Å²) in [5, 5.41) is 0. The van der Waals surface area contributed by atoms with Gasteiger partial charge in [0.1, 0.15) is 0 Å². The lowest BCUT2D eigenvalue weighted by molar-refractivity contribution is -0.0956. The maximum absolute atomic E-state index is 13.2. The van der Waals surface area contributed by atoms with Crippen molar-refractivity contribution in [3.63, 3.8) is 0 Å². The molecule has 2 aliphatic heterocycles. The first kappa shape index (κ1) is 21.8. The molecule has 2 saturated heterocycles. The molecule has 31 heavy (non-hydrogen) atoms. The fourth-order valence-corrected chi connectivity index (χ4v) is 5.24. The Morgan fingerprint density at radius 1 is 1.00 bits per heavy atom. The molecule has 0 spiro atoms. The summed E-state index contributed by atoms with van der Waals surface area (Å²) < 4.78 is 39.7. The average Bonchev–Trinajstić information content (AvgIpc) is 3.30. The van der Waals surface area contributed by atoms with Gasteiger partial charge in [-0.05, 0) is 56.0 Å². The Kier molecular flexibility index (Phi) is 6.31. The number of nitrogens with one attached hydrogen (secondary N) is 1. The van der Waals surface area contributed by atoms with Crippen LogP contribution in [-0.2, 0) is 19.5 Å². The number of piperidine rings is 1. The second-order valence-corrected chi connectivity index (χ2v) is 9.82. The Hall–Kier alpha value is -2.42. The van der Waals surface area contributed by atoms with E-state index in [9.17, 15) is 13.2 Å². The number of nitrogens with zero attached hydrogens (tertiary/aromatic N) is 1. The molecule has 7 nitrogen and oxygen atoms in total. The number of sulfonamides is 1. The number of para-hydroxylation sites is 1. The van der Waals surface area contributed by atoms with Gasteiger partial charge in [0.05, 0.1) is 23.8 Å². The standard InChI is InChI=1S/C23H28N2O5S/c1-16-7-8-19(31(27,28)24-21-6-4-3-5-17(21)2)15-20(16)22(26)25-11-9-18(10-12-25)23-29-13-14-30-23/h3-8,15,18,23-24H,9-14H2,1-2H3. The minimum atomic E-state index is -3.81. The van der Waals surface area contributed by atoms with Crippen molar-refractivity contribution in [1.82, 2.24) is 4.90 Å². The third kappa shape index (κ3) is 4.76. The molecular formula is C23H28N2O5S. The fraction of sp³-hybridized carbons (Fsp3) is 0.435. The molecule has 1 N–H and O–H groups in total. The van der Waals surface area contributed by atoms with Gasteiger partial charge in [0.25, 0.3) is 15.9 Å². The van der Waals surface area contributed by atoms with E-state index in [-0.39, 0.29) is 23.0 Å². The van der Waals surface area contributed by atoms with E-state index in [1.54, 1.807) is 23.1 Å². The number of amides is 1. The third-order valence-electron chi connectivity index (χ3n) is 6.00. The number of likely N-dealkylation sites (tertiary alicyclic amines) is 1. The molecule has 166 valence electrons. The molecule has 2 heterocycles. The van der Waals surface area contributed by atoms with Gasteiger partial charge < -0.3 is 14.4 Å². The van der Waals surface area contributed by atoms with Gasteiger partial charge in [-0.15, -0.1) is 0 Å². The summed E-state index contributed by atoms with van der Waals surface area (Å²) in [4.78, 5) is 15.1. The number of benzene rings is 2. The van der Waals surface area contributed by atoms with Crippen LogP contribution in [0.2, 0.25) is 0 Å². The summed E-state index contributed by atoms with van der Waals surface area (Å²) in [5.74, 6) is 0.148. The number of carbonyl (C=O) groups is 1. The van der Waals surface area contributed by atoms with Crippen molar-refractivity contribution in [2.45, 2.75) is 37.9 Å². The molecule has 0 saturated carbocycles. The smallest absolute Gasteiger partial charge is 0.261 e. The Bertz CT molecular complexity index is 1060. The van der Waals surface area contributed by atoms with Crippen molar-refractivity contribution in [3.8, 4) is 0 Å². The quantitative estimate of drug-likeness (QED) is 0.765. The van der Waals surface area contributed by atoms with Crippen LogP contribution in [-0.4, -0.2) is 51.8 Å². The number of hydrogen-bond donors (Lipinski definition) is 1. The first-order valence-corrected chi connectivity index (χ1v) is 12.0. The lowest BCUT2D eigenvalue weighted by Crippen LogP contribution is -2.41. The van der Waals surface area contributed by atoms with E-state index in [4.69, 9.17) is 9.47 Å². The Labute approximate surface area is 183 Å². The van der Waals surface area contributed by atoms with Crippen LogP contribution in [0.25, 0.3) is 0 Å². The normalized spacial score (nSPS) is 18.3. The molecule has 0 unspecified atom stereocenters. The summed E-state index contributed by atoms with van der Waals surface area (Å²) in [6, 6.07) is 11.9. The van der Waals surface area contributed by atoms with E-state index in [1.165, 1.54) is 12.1 Å². The summed E-state index contributed by atoms with van der Waals surface area (Å²) in [6.45, 7) is 6.12.